The lowest BCUT2D eigenvalue weighted by Gasteiger charge is -2.20. The number of rotatable bonds is 1. The van der Waals surface area contributed by atoms with Gasteiger partial charge in [0.15, 0.2) is 0 Å². The molecule has 0 atom stereocenters. The number of hydrogen-bond donors (Lipinski definition) is 0. The molecule has 0 aliphatic rings. The Balaban J connectivity index is 2.62. The molecule has 3 nitrogen and oxygen atoms in total. The highest BCUT2D eigenvalue weighted by Gasteiger charge is 2.26. The summed E-state index contributed by atoms with van der Waals surface area (Å²) in [5.74, 6) is 0. The van der Waals surface area contributed by atoms with Gasteiger partial charge < -0.3 is 0 Å². The Kier molecular flexibility index (Phi) is 3.49. The maximum Gasteiger partial charge on any atom is 0.0832 e. The second-order valence-corrected chi connectivity index (χ2v) is 7.48. The molecule has 0 aliphatic carbocycles. The van der Waals surface area contributed by atoms with Gasteiger partial charge in [0.2, 0.25) is 0 Å². The summed E-state index contributed by atoms with van der Waals surface area (Å²) in [6.07, 6.45) is 1.89. The molecule has 2 aromatic heterocycles. The molecule has 0 unspecified atom stereocenters. The van der Waals surface area contributed by atoms with Crippen LogP contribution in [0, 0.1) is 6.92 Å². The lowest BCUT2D eigenvalue weighted by molar-refractivity contribution is 0.537. The Morgan fingerprint density at radius 2 is 1.60 bits per heavy atom. The number of pyridine rings is 1. The smallest absolute Gasteiger partial charge is 0.0832 e. The largest absolute Gasteiger partial charge is 0.259 e. The molecule has 0 bridgehead atoms. The fraction of sp³-hybridized carbons (Fsp3) is 0.529. The molecule has 0 aromatic carbocycles. The Morgan fingerprint density at radius 1 is 0.950 bits per heavy atom. The van der Waals surface area contributed by atoms with Crippen LogP contribution in [-0.4, -0.2) is 14.8 Å². The van der Waals surface area contributed by atoms with Gasteiger partial charge in [-0.1, -0.05) is 41.5 Å². The molecule has 108 valence electrons. The van der Waals surface area contributed by atoms with Crippen molar-refractivity contribution in [1.82, 2.24) is 14.8 Å². The van der Waals surface area contributed by atoms with Crippen LogP contribution in [0.25, 0.3) is 5.69 Å². The average Bonchev–Trinajstić information content (AvgIpc) is 2.74. The van der Waals surface area contributed by atoms with Gasteiger partial charge in [-0.05, 0) is 25.1 Å². The normalized spacial score (nSPS) is 12.8. The molecule has 2 rings (SSSR count). The second-order valence-electron chi connectivity index (χ2n) is 7.48. The minimum atomic E-state index is 0.0430. The Bertz CT molecular complexity index is 593. The standard InChI is InChI=1S/C17H25N3/c1-12-8-9-13(11-18-12)20-15(17(5,6)7)10-14(19-20)16(2,3)4/h8-11H,1-7H3. The molecule has 2 heterocycles. The summed E-state index contributed by atoms with van der Waals surface area (Å²) in [5.41, 5.74) is 4.46. The highest BCUT2D eigenvalue weighted by Crippen LogP contribution is 2.30. The number of aryl methyl sites for hydroxylation is 1. The lowest BCUT2D eigenvalue weighted by Crippen LogP contribution is -2.17. The van der Waals surface area contributed by atoms with Crippen molar-refractivity contribution >= 4 is 0 Å². The van der Waals surface area contributed by atoms with Crippen LogP contribution in [0.2, 0.25) is 0 Å². The van der Waals surface area contributed by atoms with E-state index in [2.05, 4.69) is 58.7 Å². The molecule has 0 fully saturated rings. The van der Waals surface area contributed by atoms with E-state index in [1.54, 1.807) is 0 Å². The molecule has 0 aliphatic heterocycles. The van der Waals surface area contributed by atoms with E-state index in [4.69, 9.17) is 5.10 Å². The third-order valence-electron chi connectivity index (χ3n) is 3.39. The zero-order valence-electron chi connectivity index (χ0n) is 13.7. The van der Waals surface area contributed by atoms with Gasteiger partial charge in [-0.3, -0.25) is 4.98 Å². The minimum absolute atomic E-state index is 0.0430. The first-order valence-electron chi connectivity index (χ1n) is 7.13. The lowest BCUT2D eigenvalue weighted by atomic mass is 9.88. The van der Waals surface area contributed by atoms with E-state index in [1.165, 1.54) is 5.69 Å². The van der Waals surface area contributed by atoms with Crippen molar-refractivity contribution in [3.8, 4) is 5.69 Å². The maximum atomic E-state index is 4.82. The summed E-state index contributed by atoms with van der Waals surface area (Å²) in [6.45, 7) is 15.2. The minimum Gasteiger partial charge on any atom is -0.259 e. The monoisotopic (exact) mass is 271 g/mol. The fourth-order valence-corrected chi connectivity index (χ4v) is 2.06. The number of hydrogen-bond acceptors (Lipinski definition) is 2. The Hall–Kier alpha value is -1.64. The van der Waals surface area contributed by atoms with Crippen LogP contribution in [0.15, 0.2) is 24.4 Å². The first-order chi connectivity index (χ1) is 9.09. The summed E-state index contributed by atoms with van der Waals surface area (Å²) in [5, 5.41) is 4.82. The quantitative estimate of drug-likeness (QED) is 0.779. The summed E-state index contributed by atoms with van der Waals surface area (Å²) in [7, 11) is 0. The van der Waals surface area contributed by atoms with Crippen molar-refractivity contribution in [2.45, 2.75) is 59.3 Å². The Morgan fingerprint density at radius 3 is 2.05 bits per heavy atom. The van der Waals surface area contributed by atoms with E-state index in [9.17, 15) is 0 Å². The topological polar surface area (TPSA) is 30.7 Å². The van der Waals surface area contributed by atoms with Crippen molar-refractivity contribution in [1.29, 1.82) is 0 Å². The highest BCUT2D eigenvalue weighted by molar-refractivity contribution is 5.35. The van der Waals surface area contributed by atoms with Crippen LogP contribution >= 0.6 is 0 Å². The molecule has 0 spiro atoms. The van der Waals surface area contributed by atoms with Crippen LogP contribution in [0.3, 0.4) is 0 Å². The van der Waals surface area contributed by atoms with Gasteiger partial charge in [-0.15, -0.1) is 0 Å². The molecule has 3 heteroatoms. The first kappa shape index (κ1) is 14.8. The summed E-state index contributed by atoms with van der Waals surface area (Å²) in [4.78, 5) is 4.39. The van der Waals surface area contributed by atoms with E-state index < -0.39 is 0 Å². The maximum absolute atomic E-state index is 4.82. The van der Waals surface area contributed by atoms with Crippen LogP contribution in [0.4, 0.5) is 0 Å². The van der Waals surface area contributed by atoms with E-state index in [-0.39, 0.29) is 10.8 Å². The van der Waals surface area contributed by atoms with Crippen molar-refractivity contribution in [3.05, 3.63) is 41.5 Å². The van der Waals surface area contributed by atoms with Crippen molar-refractivity contribution in [3.63, 3.8) is 0 Å². The van der Waals surface area contributed by atoms with Crippen molar-refractivity contribution < 1.29 is 0 Å². The van der Waals surface area contributed by atoms with Crippen molar-refractivity contribution in [2.24, 2.45) is 0 Å². The molecular weight excluding hydrogens is 246 g/mol. The van der Waals surface area contributed by atoms with Gasteiger partial charge in [0.1, 0.15) is 0 Å². The second kappa shape index (κ2) is 4.72. The molecule has 0 amide bonds. The van der Waals surface area contributed by atoms with Crippen LogP contribution in [0.1, 0.15) is 58.6 Å². The van der Waals surface area contributed by atoms with Gasteiger partial charge in [-0.2, -0.15) is 5.10 Å². The van der Waals surface area contributed by atoms with E-state index in [0.29, 0.717) is 0 Å². The third-order valence-corrected chi connectivity index (χ3v) is 3.39. The molecule has 0 radical (unpaired) electrons. The van der Waals surface area contributed by atoms with Crippen LogP contribution in [0.5, 0.6) is 0 Å². The van der Waals surface area contributed by atoms with Gasteiger partial charge >= 0.3 is 0 Å². The fourth-order valence-electron chi connectivity index (χ4n) is 2.06. The summed E-state index contributed by atoms with van der Waals surface area (Å²) in [6, 6.07) is 6.33. The van der Waals surface area contributed by atoms with Crippen molar-refractivity contribution in [2.75, 3.05) is 0 Å². The zero-order chi connectivity index (χ0) is 15.1. The third kappa shape index (κ3) is 2.92. The zero-order valence-corrected chi connectivity index (χ0v) is 13.7. The Labute approximate surface area is 122 Å². The van der Waals surface area contributed by atoms with E-state index >= 15 is 0 Å². The van der Waals surface area contributed by atoms with Crippen LogP contribution in [-0.2, 0) is 10.8 Å². The van der Waals surface area contributed by atoms with Gasteiger partial charge in [-0.25, -0.2) is 4.68 Å². The van der Waals surface area contributed by atoms with Gasteiger partial charge in [0, 0.05) is 22.2 Å². The van der Waals surface area contributed by atoms with Gasteiger partial charge in [0.05, 0.1) is 17.6 Å². The number of aromatic nitrogens is 3. The first-order valence-corrected chi connectivity index (χ1v) is 7.13. The molecule has 0 N–H and O–H groups in total. The molecule has 0 saturated carbocycles. The highest BCUT2D eigenvalue weighted by atomic mass is 15.3. The van der Waals surface area contributed by atoms with E-state index in [1.807, 2.05) is 23.9 Å². The molecule has 2 aromatic rings. The summed E-state index contributed by atoms with van der Waals surface area (Å²) < 4.78 is 2.03. The molecule has 20 heavy (non-hydrogen) atoms. The SMILES string of the molecule is Cc1ccc(-n2nc(C(C)(C)C)cc2C(C)(C)C)cn1. The average molecular weight is 271 g/mol. The molecular formula is C17H25N3. The number of nitrogens with zero attached hydrogens (tertiary/aromatic N) is 3. The predicted octanol–water partition coefficient (Wildman–Crippen LogP) is 4.17. The summed E-state index contributed by atoms with van der Waals surface area (Å²) >= 11 is 0. The van der Waals surface area contributed by atoms with E-state index in [0.717, 1.165) is 17.1 Å². The molecule has 0 saturated heterocycles. The predicted molar refractivity (Wildman–Crippen MR) is 83.5 cm³/mol. The van der Waals surface area contributed by atoms with Gasteiger partial charge in [0.25, 0.3) is 0 Å². The van der Waals surface area contributed by atoms with Crippen LogP contribution < -0.4 is 0 Å².